The topological polar surface area (TPSA) is 114 Å². The molecule has 0 aliphatic carbocycles. The Morgan fingerprint density at radius 1 is 0.963 bits per heavy atom. The number of rotatable bonds is 8. The summed E-state index contributed by atoms with van der Waals surface area (Å²) in [6.07, 6.45) is -0.129. The fraction of sp³-hybridized carbons (Fsp3) is 0.222. The van der Waals surface area contributed by atoms with E-state index in [1.54, 1.807) is 42.5 Å². The van der Waals surface area contributed by atoms with Crippen LogP contribution in [0.5, 0.6) is 5.75 Å². The lowest BCUT2D eigenvalue weighted by Crippen LogP contribution is -2.42. The summed E-state index contributed by atoms with van der Waals surface area (Å²) in [4.78, 5) is 23.8. The first-order chi connectivity index (χ1) is 12.9. The number of carbonyl (C=O) groups is 2. The van der Waals surface area contributed by atoms with Crippen LogP contribution in [0, 0.1) is 0 Å². The quantitative estimate of drug-likeness (QED) is 0.586. The number of amides is 2. The third kappa shape index (κ3) is 6.39. The highest BCUT2D eigenvalue weighted by Crippen LogP contribution is 2.11. The molecule has 2 aromatic rings. The summed E-state index contributed by atoms with van der Waals surface area (Å²) in [6, 6.07) is 14.3. The van der Waals surface area contributed by atoms with Crippen molar-refractivity contribution in [3.05, 3.63) is 60.2 Å². The minimum absolute atomic E-state index is 0.0953. The molecule has 0 aliphatic heterocycles. The van der Waals surface area contributed by atoms with Gasteiger partial charge in [-0.3, -0.25) is 20.4 Å². The number of ether oxygens (including phenoxy) is 1. The Morgan fingerprint density at radius 2 is 1.63 bits per heavy atom. The highest BCUT2D eigenvalue weighted by molar-refractivity contribution is 7.89. The van der Waals surface area contributed by atoms with Crippen molar-refractivity contribution in [1.82, 2.24) is 15.6 Å². The van der Waals surface area contributed by atoms with Crippen molar-refractivity contribution in [2.24, 2.45) is 0 Å². The Bertz CT molecular complexity index is 868. The van der Waals surface area contributed by atoms with Gasteiger partial charge < -0.3 is 4.74 Å². The first-order valence-electron chi connectivity index (χ1n) is 8.29. The van der Waals surface area contributed by atoms with Crippen molar-refractivity contribution in [3.63, 3.8) is 0 Å². The summed E-state index contributed by atoms with van der Waals surface area (Å²) in [5.41, 5.74) is 4.87. The van der Waals surface area contributed by atoms with E-state index >= 15 is 0 Å². The van der Waals surface area contributed by atoms with Crippen molar-refractivity contribution >= 4 is 21.8 Å². The zero-order valence-corrected chi connectivity index (χ0v) is 15.6. The van der Waals surface area contributed by atoms with Gasteiger partial charge in [0.2, 0.25) is 15.9 Å². The highest BCUT2D eigenvalue weighted by Gasteiger charge is 2.13. The molecule has 0 unspecified atom stereocenters. The number of nitrogens with one attached hydrogen (secondary N) is 3. The Morgan fingerprint density at radius 3 is 2.26 bits per heavy atom. The lowest BCUT2D eigenvalue weighted by molar-refractivity contribution is -0.121. The zero-order chi connectivity index (χ0) is 19.7. The summed E-state index contributed by atoms with van der Waals surface area (Å²) < 4.78 is 31.6. The van der Waals surface area contributed by atoms with Crippen molar-refractivity contribution in [1.29, 1.82) is 0 Å². The smallest absolute Gasteiger partial charge is 0.269 e. The molecule has 0 saturated heterocycles. The molecule has 0 fully saturated rings. The van der Waals surface area contributed by atoms with Crippen LogP contribution in [0.25, 0.3) is 0 Å². The zero-order valence-electron chi connectivity index (χ0n) is 14.8. The van der Waals surface area contributed by atoms with Crippen molar-refractivity contribution in [2.75, 3.05) is 13.2 Å². The molecule has 0 aromatic heterocycles. The highest BCUT2D eigenvalue weighted by atomic mass is 32.2. The molecule has 0 atom stereocenters. The third-order valence-corrected chi connectivity index (χ3v) is 4.92. The molecule has 0 saturated carbocycles. The van der Waals surface area contributed by atoms with Crippen LogP contribution in [-0.2, 0) is 14.8 Å². The van der Waals surface area contributed by atoms with Gasteiger partial charge in [-0.05, 0) is 43.3 Å². The molecule has 27 heavy (non-hydrogen) atoms. The van der Waals surface area contributed by atoms with E-state index in [4.69, 9.17) is 4.74 Å². The van der Waals surface area contributed by atoms with Gasteiger partial charge in [0, 0.05) is 18.5 Å². The second kappa shape index (κ2) is 9.70. The number of carbonyl (C=O) groups excluding carboxylic acids is 2. The van der Waals surface area contributed by atoms with E-state index in [0.29, 0.717) is 17.9 Å². The number of hydrogen-bond donors (Lipinski definition) is 3. The number of hydrazine groups is 1. The van der Waals surface area contributed by atoms with Gasteiger partial charge in [0.1, 0.15) is 5.75 Å². The van der Waals surface area contributed by atoms with Crippen LogP contribution in [0.2, 0.25) is 0 Å². The predicted octanol–water partition coefficient (Wildman–Crippen LogP) is 1.21. The Hall–Kier alpha value is -2.91. The van der Waals surface area contributed by atoms with Crippen LogP contribution in [0.15, 0.2) is 59.5 Å². The molecule has 8 nitrogen and oxygen atoms in total. The van der Waals surface area contributed by atoms with E-state index in [-0.39, 0.29) is 17.9 Å². The van der Waals surface area contributed by atoms with Crippen LogP contribution in [-0.4, -0.2) is 33.4 Å². The van der Waals surface area contributed by atoms with E-state index < -0.39 is 21.8 Å². The molecule has 0 aliphatic rings. The largest absolute Gasteiger partial charge is 0.494 e. The molecule has 0 bridgehead atoms. The summed E-state index contributed by atoms with van der Waals surface area (Å²) in [5, 5.41) is 0. The number of hydrogen-bond acceptors (Lipinski definition) is 5. The maximum Gasteiger partial charge on any atom is 0.269 e. The lowest BCUT2D eigenvalue weighted by atomic mass is 10.2. The summed E-state index contributed by atoms with van der Waals surface area (Å²) in [6.45, 7) is 2.29. The molecule has 0 radical (unpaired) electrons. The van der Waals surface area contributed by atoms with Crippen molar-refractivity contribution in [2.45, 2.75) is 18.2 Å². The SMILES string of the molecule is CCOc1ccc(C(=O)NNC(=O)CCNS(=O)(=O)c2ccccc2)cc1. The van der Waals surface area contributed by atoms with Gasteiger partial charge >= 0.3 is 0 Å². The predicted molar refractivity (Wildman–Crippen MR) is 99.5 cm³/mol. The normalized spacial score (nSPS) is 10.9. The molecule has 9 heteroatoms. The van der Waals surface area contributed by atoms with Crippen LogP contribution < -0.4 is 20.3 Å². The average molecular weight is 391 g/mol. The van der Waals surface area contributed by atoms with Gasteiger partial charge in [0.15, 0.2) is 0 Å². The first kappa shape index (κ1) is 20.4. The fourth-order valence-corrected chi connectivity index (χ4v) is 3.17. The Kier molecular flexibility index (Phi) is 7.33. The van der Waals surface area contributed by atoms with Crippen LogP contribution in [0.4, 0.5) is 0 Å². The maximum atomic E-state index is 12.0. The van der Waals surface area contributed by atoms with E-state index in [9.17, 15) is 18.0 Å². The molecule has 0 heterocycles. The van der Waals surface area contributed by atoms with Gasteiger partial charge in [-0.25, -0.2) is 13.1 Å². The van der Waals surface area contributed by atoms with E-state index in [2.05, 4.69) is 15.6 Å². The minimum Gasteiger partial charge on any atom is -0.494 e. The minimum atomic E-state index is -3.67. The van der Waals surface area contributed by atoms with Gasteiger partial charge in [0.25, 0.3) is 5.91 Å². The lowest BCUT2D eigenvalue weighted by Gasteiger charge is -2.09. The van der Waals surface area contributed by atoms with Crippen LogP contribution in [0.1, 0.15) is 23.7 Å². The van der Waals surface area contributed by atoms with E-state index in [0.717, 1.165) is 0 Å². The van der Waals surface area contributed by atoms with Gasteiger partial charge in [-0.2, -0.15) is 0 Å². The first-order valence-corrected chi connectivity index (χ1v) is 9.77. The second-order valence-electron chi connectivity index (χ2n) is 5.42. The summed E-state index contributed by atoms with van der Waals surface area (Å²) in [7, 11) is -3.67. The van der Waals surface area contributed by atoms with Crippen molar-refractivity contribution < 1.29 is 22.7 Å². The standard InChI is InChI=1S/C18H21N3O5S/c1-2-26-15-10-8-14(9-11-15)18(23)21-20-17(22)12-13-19-27(24,25)16-6-4-3-5-7-16/h3-11,19H,2,12-13H2,1H3,(H,20,22)(H,21,23). The molecule has 3 N–H and O–H groups in total. The molecule has 144 valence electrons. The third-order valence-electron chi connectivity index (χ3n) is 3.44. The van der Waals surface area contributed by atoms with E-state index in [1.165, 1.54) is 12.1 Å². The monoisotopic (exact) mass is 391 g/mol. The second-order valence-corrected chi connectivity index (χ2v) is 7.19. The Balaban J connectivity index is 1.75. The average Bonchev–Trinajstić information content (AvgIpc) is 2.67. The van der Waals surface area contributed by atoms with Crippen molar-refractivity contribution in [3.8, 4) is 5.75 Å². The summed E-state index contributed by atoms with van der Waals surface area (Å²) >= 11 is 0. The molecule has 2 aromatic carbocycles. The number of benzene rings is 2. The van der Waals surface area contributed by atoms with Gasteiger partial charge in [-0.1, -0.05) is 18.2 Å². The fourth-order valence-electron chi connectivity index (χ4n) is 2.11. The van der Waals surface area contributed by atoms with E-state index in [1.807, 2.05) is 6.92 Å². The molecule has 2 rings (SSSR count). The molecule has 2 amide bonds. The van der Waals surface area contributed by atoms with Gasteiger partial charge in [0.05, 0.1) is 11.5 Å². The summed E-state index contributed by atoms with van der Waals surface area (Å²) in [5.74, 6) is -0.370. The van der Waals surface area contributed by atoms with Crippen LogP contribution in [0.3, 0.4) is 0 Å². The Labute approximate surface area is 157 Å². The maximum absolute atomic E-state index is 12.0. The molecular weight excluding hydrogens is 370 g/mol. The molecule has 0 spiro atoms. The van der Waals surface area contributed by atoms with Crippen LogP contribution >= 0.6 is 0 Å². The number of sulfonamides is 1. The molecular formula is C18H21N3O5S. The van der Waals surface area contributed by atoms with Gasteiger partial charge in [-0.15, -0.1) is 0 Å².